The number of carbonyl (C=O) groups is 1. The largest absolute Gasteiger partial charge is 0.321 e. The molecule has 32 heavy (non-hydrogen) atoms. The molecule has 160 valence electrons. The average molecular weight is 479 g/mol. The van der Waals surface area contributed by atoms with Gasteiger partial charge in [-0.3, -0.25) is 9.78 Å². The normalized spacial score (nSPS) is 10.7. The molecule has 4 aromatic rings. The number of rotatable bonds is 7. The van der Waals surface area contributed by atoms with Crippen LogP contribution in [0.5, 0.6) is 0 Å². The van der Waals surface area contributed by atoms with Gasteiger partial charge < -0.3 is 5.32 Å². The quantitative estimate of drug-likeness (QED) is 0.240. The number of carbonyl (C=O) groups excluding carboxylic acids is 1. The SMILES string of the molecule is Cc1ccc(CSc2ncc(Sc3ccc(Cl)cc3)c(C(=O)Nc3ccncc3)n2)cc1. The van der Waals surface area contributed by atoms with Gasteiger partial charge in [-0.15, -0.1) is 0 Å². The molecule has 2 aromatic carbocycles. The summed E-state index contributed by atoms with van der Waals surface area (Å²) in [5, 5.41) is 4.09. The van der Waals surface area contributed by atoms with Crippen LogP contribution in [0.3, 0.4) is 0 Å². The highest BCUT2D eigenvalue weighted by atomic mass is 35.5. The van der Waals surface area contributed by atoms with Crippen LogP contribution >= 0.6 is 35.1 Å². The Kier molecular flexibility index (Phi) is 7.42. The predicted octanol–water partition coefficient (Wildman–Crippen LogP) is 6.53. The van der Waals surface area contributed by atoms with E-state index in [0.717, 1.165) is 10.6 Å². The fourth-order valence-corrected chi connectivity index (χ4v) is 4.51. The van der Waals surface area contributed by atoms with E-state index in [9.17, 15) is 4.79 Å². The number of nitrogens with one attached hydrogen (secondary N) is 1. The van der Waals surface area contributed by atoms with E-state index in [1.807, 2.05) is 24.3 Å². The minimum Gasteiger partial charge on any atom is -0.321 e. The zero-order valence-corrected chi connectivity index (χ0v) is 19.5. The molecule has 1 amide bonds. The summed E-state index contributed by atoms with van der Waals surface area (Å²) in [7, 11) is 0. The second kappa shape index (κ2) is 10.6. The van der Waals surface area contributed by atoms with Crippen molar-refractivity contribution in [2.75, 3.05) is 5.32 Å². The zero-order valence-electron chi connectivity index (χ0n) is 17.2. The number of anilines is 1. The predicted molar refractivity (Wildman–Crippen MR) is 131 cm³/mol. The van der Waals surface area contributed by atoms with Crippen molar-refractivity contribution in [3.05, 3.63) is 101 Å². The topological polar surface area (TPSA) is 67.8 Å². The molecule has 1 N–H and O–H groups in total. The molecule has 0 aliphatic rings. The van der Waals surface area contributed by atoms with Crippen molar-refractivity contribution in [1.82, 2.24) is 15.0 Å². The van der Waals surface area contributed by atoms with Crippen LogP contribution in [-0.4, -0.2) is 20.9 Å². The number of hydrogen-bond acceptors (Lipinski definition) is 6. The molecule has 2 heterocycles. The van der Waals surface area contributed by atoms with Crippen LogP contribution in [0.15, 0.2) is 94.2 Å². The molecule has 5 nitrogen and oxygen atoms in total. The third-order valence-corrected chi connectivity index (χ3v) is 6.63. The summed E-state index contributed by atoms with van der Waals surface area (Å²) in [6.07, 6.45) is 4.95. The molecule has 2 aromatic heterocycles. The highest BCUT2D eigenvalue weighted by molar-refractivity contribution is 7.99. The van der Waals surface area contributed by atoms with Gasteiger partial charge >= 0.3 is 0 Å². The lowest BCUT2D eigenvalue weighted by Crippen LogP contribution is -2.16. The molecule has 0 spiro atoms. The molecule has 0 bridgehead atoms. The summed E-state index contributed by atoms with van der Waals surface area (Å²) in [5.41, 5.74) is 3.36. The Balaban J connectivity index is 1.58. The van der Waals surface area contributed by atoms with E-state index >= 15 is 0 Å². The maximum Gasteiger partial charge on any atom is 0.275 e. The number of benzene rings is 2. The number of pyridine rings is 1. The summed E-state index contributed by atoms with van der Waals surface area (Å²) >= 11 is 8.91. The first-order chi connectivity index (χ1) is 15.6. The number of aryl methyl sites for hydroxylation is 1. The molecule has 0 fully saturated rings. The fraction of sp³-hybridized carbons (Fsp3) is 0.0833. The van der Waals surface area contributed by atoms with Crippen LogP contribution in [-0.2, 0) is 5.75 Å². The highest BCUT2D eigenvalue weighted by Gasteiger charge is 2.17. The maximum absolute atomic E-state index is 13.1. The van der Waals surface area contributed by atoms with Crippen LogP contribution in [0.1, 0.15) is 21.6 Å². The summed E-state index contributed by atoms with van der Waals surface area (Å²) < 4.78 is 0. The molecule has 0 aliphatic heterocycles. The van der Waals surface area contributed by atoms with Gasteiger partial charge in [0.05, 0.1) is 4.90 Å². The van der Waals surface area contributed by atoms with Crippen molar-refractivity contribution in [3.63, 3.8) is 0 Å². The Morgan fingerprint density at radius 3 is 2.44 bits per heavy atom. The average Bonchev–Trinajstić information content (AvgIpc) is 2.81. The molecule has 0 aliphatic carbocycles. The summed E-state index contributed by atoms with van der Waals surface area (Å²) in [6, 6.07) is 19.2. The molecule has 0 radical (unpaired) electrons. The van der Waals surface area contributed by atoms with Crippen molar-refractivity contribution < 1.29 is 4.79 Å². The Bertz CT molecular complexity index is 1200. The monoisotopic (exact) mass is 478 g/mol. The minimum absolute atomic E-state index is 0.299. The van der Waals surface area contributed by atoms with Gasteiger partial charge in [-0.05, 0) is 48.9 Å². The number of thioether (sulfide) groups is 1. The van der Waals surface area contributed by atoms with E-state index < -0.39 is 0 Å². The van der Waals surface area contributed by atoms with Gasteiger partial charge in [0.15, 0.2) is 5.16 Å². The Morgan fingerprint density at radius 1 is 1.00 bits per heavy atom. The number of halogens is 1. The number of aromatic nitrogens is 3. The van der Waals surface area contributed by atoms with Crippen LogP contribution in [0.4, 0.5) is 5.69 Å². The third kappa shape index (κ3) is 6.09. The second-order valence-corrected chi connectivity index (χ2v) is 9.38. The Hall–Kier alpha value is -2.87. The lowest BCUT2D eigenvalue weighted by molar-refractivity contribution is 0.101. The molecule has 0 atom stereocenters. The van der Waals surface area contributed by atoms with Gasteiger partial charge in [-0.2, -0.15) is 0 Å². The number of nitrogens with zero attached hydrogens (tertiary/aromatic N) is 3. The lowest BCUT2D eigenvalue weighted by Gasteiger charge is -2.11. The summed E-state index contributed by atoms with van der Waals surface area (Å²) in [5.74, 6) is 0.419. The van der Waals surface area contributed by atoms with Gasteiger partial charge in [-0.1, -0.05) is 65.0 Å². The fourth-order valence-electron chi connectivity index (χ4n) is 2.75. The van der Waals surface area contributed by atoms with Gasteiger partial charge in [0.25, 0.3) is 5.91 Å². The molecular formula is C24H19ClN4OS2. The van der Waals surface area contributed by atoms with Gasteiger partial charge in [-0.25, -0.2) is 9.97 Å². The van der Waals surface area contributed by atoms with E-state index in [4.69, 9.17) is 11.6 Å². The number of amides is 1. The van der Waals surface area contributed by atoms with Crippen molar-refractivity contribution in [1.29, 1.82) is 0 Å². The van der Waals surface area contributed by atoms with Crippen molar-refractivity contribution in [2.24, 2.45) is 0 Å². The van der Waals surface area contributed by atoms with Crippen molar-refractivity contribution >= 4 is 46.7 Å². The third-order valence-electron chi connectivity index (χ3n) is 4.42. The van der Waals surface area contributed by atoms with Crippen LogP contribution in [0.25, 0.3) is 0 Å². The molecule has 4 rings (SSSR count). The molecular weight excluding hydrogens is 460 g/mol. The van der Waals surface area contributed by atoms with Gasteiger partial charge in [0.2, 0.25) is 0 Å². The van der Waals surface area contributed by atoms with Crippen LogP contribution < -0.4 is 5.32 Å². The van der Waals surface area contributed by atoms with E-state index in [-0.39, 0.29) is 5.91 Å². The summed E-state index contributed by atoms with van der Waals surface area (Å²) in [4.78, 5) is 27.7. The Labute approximate surface area is 200 Å². The van der Waals surface area contributed by atoms with Gasteiger partial charge in [0, 0.05) is 39.9 Å². The van der Waals surface area contributed by atoms with Crippen LogP contribution in [0, 0.1) is 6.92 Å². The maximum atomic E-state index is 13.1. The first kappa shape index (κ1) is 22.3. The first-order valence-electron chi connectivity index (χ1n) is 9.77. The van der Waals surface area contributed by atoms with E-state index in [2.05, 4.69) is 51.5 Å². The number of hydrogen-bond donors (Lipinski definition) is 1. The van der Waals surface area contributed by atoms with Crippen LogP contribution in [0.2, 0.25) is 5.02 Å². The minimum atomic E-state index is -0.299. The lowest BCUT2D eigenvalue weighted by atomic mass is 10.2. The smallest absolute Gasteiger partial charge is 0.275 e. The highest BCUT2D eigenvalue weighted by Crippen LogP contribution is 2.32. The molecule has 0 saturated heterocycles. The first-order valence-corrected chi connectivity index (χ1v) is 11.9. The van der Waals surface area contributed by atoms with E-state index in [1.54, 1.807) is 30.7 Å². The molecule has 0 unspecified atom stereocenters. The van der Waals surface area contributed by atoms with Crippen molar-refractivity contribution in [3.8, 4) is 0 Å². The Morgan fingerprint density at radius 2 is 1.72 bits per heavy atom. The second-order valence-electron chi connectivity index (χ2n) is 6.89. The zero-order chi connectivity index (χ0) is 22.3. The van der Waals surface area contributed by atoms with E-state index in [1.165, 1.54) is 34.7 Å². The van der Waals surface area contributed by atoms with E-state index in [0.29, 0.717) is 26.5 Å². The van der Waals surface area contributed by atoms with Gasteiger partial charge in [0.1, 0.15) is 5.69 Å². The molecule has 0 saturated carbocycles. The molecule has 8 heteroatoms. The standard InChI is InChI=1S/C24H19ClN4OS2/c1-16-2-4-17(5-3-16)15-31-24-27-14-21(32-20-8-6-18(25)7-9-20)22(29-24)23(30)28-19-10-12-26-13-11-19/h2-14H,15H2,1H3,(H,26,28,30). The van der Waals surface area contributed by atoms with Crippen molar-refractivity contribution in [2.45, 2.75) is 27.6 Å². The summed E-state index contributed by atoms with van der Waals surface area (Å²) in [6.45, 7) is 2.06.